The molecular formula is C11H16N4O4. The molecule has 0 atom stereocenters. The topological polar surface area (TPSA) is 119 Å². The van der Waals surface area contributed by atoms with E-state index in [1.54, 1.807) is 12.1 Å². The minimum atomic E-state index is -0.829. The minimum absolute atomic E-state index is 0.262. The second-order valence-electron chi connectivity index (χ2n) is 3.40. The summed E-state index contributed by atoms with van der Waals surface area (Å²) in [5.74, 6) is 1.03. The van der Waals surface area contributed by atoms with Crippen LogP contribution in [0, 0.1) is 5.41 Å². The fraction of sp³-hybridized carbons (Fsp3) is 0.273. The number of nitrogens with one attached hydrogen (secondary N) is 3. The predicted molar refractivity (Wildman–Crippen MR) is 70.2 cm³/mol. The molecule has 0 aliphatic rings. The van der Waals surface area contributed by atoms with Gasteiger partial charge in [0, 0.05) is 17.8 Å². The highest BCUT2D eigenvalue weighted by atomic mass is 16.5. The second-order valence-corrected chi connectivity index (χ2v) is 3.40. The van der Waals surface area contributed by atoms with Gasteiger partial charge < -0.3 is 25.3 Å². The third-order valence-corrected chi connectivity index (χ3v) is 2.18. The smallest absolute Gasteiger partial charge is 0.318 e. The predicted octanol–water partition coefficient (Wildman–Crippen LogP) is 0.727. The maximum absolute atomic E-state index is 10.6. The van der Waals surface area contributed by atoms with E-state index in [9.17, 15) is 4.79 Å². The Bertz CT molecular complexity index is 465. The van der Waals surface area contributed by atoms with Crippen LogP contribution in [0.1, 0.15) is 0 Å². The molecule has 0 radical (unpaired) electrons. The summed E-state index contributed by atoms with van der Waals surface area (Å²) in [5.41, 5.74) is 5.38. The number of methoxy groups -OCH3 is 3. The molecule has 0 spiro atoms. The van der Waals surface area contributed by atoms with Gasteiger partial charge in [-0.2, -0.15) is 0 Å². The Morgan fingerprint density at radius 2 is 1.68 bits per heavy atom. The SMILES string of the molecule is COc1cc(NC(=N)NC(N)=O)cc(OC)c1OC. The summed E-state index contributed by atoms with van der Waals surface area (Å²) < 4.78 is 15.5. The van der Waals surface area contributed by atoms with Gasteiger partial charge in [0.25, 0.3) is 0 Å². The van der Waals surface area contributed by atoms with Crippen LogP contribution in [0.2, 0.25) is 0 Å². The van der Waals surface area contributed by atoms with Crippen LogP contribution in [0.4, 0.5) is 10.5 Å². The quantitative estimate of drug-likeness (QED) is 0.474. The van der Waals surface area contributed by atoms with Crippen LogP contribution in [0.5, 0.6) is 17.2 Å². The number of carbonyl (C=O) groups excluding carboxylic acids is 1. The number of ether oxygens (including phenoxy) is 3. The van der Waals surface area contributed by atoms with E-state index in [0.717, 1.165) is 0 Å². The van der Waals surface area contributed by atoms with Gasteiger partial charge in [-0.3, -0.25) is 10.7 Å². The number of carbonyl (C=O) groups is 1. The molecule has 1 aromatic rings. The third kappa shape index (κ3) is 3.66. The van der Waals surface area contributed by atoms with E-state index in [-0.39, 0.29) is 5.96 Å². The van der Waals surface area contributed by atoms with Gasteiger partial charge in [-0.15, -0.1) is 0 Å². The van der Waals surface area contributed by atoms with Crippen LogP contribution < -0.4 is 30.6 Å². The first-order valence-corrected chi connectivity index (χ1v) is 5.23. The molecule has 5 N–H and O–H groups in total. The van der Waals surface area contributed by atoms with Gasteiger partial charge in [0.15, 0.2) is 11.5 Å². The molecule has 0 saturated heterocycles. The third-order valence-electron chi connectivity index (χ3n) is 2.18. The highest BCUT2D eigenvalue weighted by Crippen LogP contribution is 2.39. The summed E-state index contributed by atoms with van der Waals surface area (Å²) in [6.07, 6.45) is 0. The molecule has 1 aromatic carbocycles. The largest absolute Gasteiger partial charge is 0.493 e. The number of hydrogen-bond acceptors (Lipinski definition) is 5. The molecule has 19 heavy (non-hydrogen) atoms. The summed E-state index contributed by atoms with van der Waals surface area (Å²) in [5, 5.41) is 12.2. The summed E-state index contributed by atoms with van der Waals surface area (Å²) in [6.45, 7) is 0. The van der Waals surface area contributed by atoms with Crippen molar-refractivity contribution in [2.24, 2.45) is 5.73 Å². The van der Waals surface area contributed by atoms with Crippen LogP contribution in [-0.4, -0.2) is 33.3 Å². The highest BCUT2D eigenvalue weighted by molar-refractivity contribution is 6.01. The Kier molecular flexibility index (Phi) is 4.81. The average molecular weight is 268 g/mol. The maximum atomic E-state index is 10.6. The van der Waals surface area contributed by atoms with Gasteiger partial charge in [-0.05, 0) is 0 Å². The number of amides is 2. The monoisotopic (exact) mass is 268 g/mol. The van der Waals surface area contributed by atoms with Crippen molar-refractivity contribution in [1.29, 1.82) is 5.41 Å². The lowest BCUT2D eigenvalue weighted by Gasteiger charge is -2.15. The normalized spacial score (nSPS) is 9.42. The lowest BCUT2D eigenvalue weighted by Crippen LogP contribution is -2.38. The van der Waals surface area contributed by atoms with Gasteiger partial charge in [0.1, 0.15) is 0 Å². The molecule has 0 bridgehead atoms. The highest BCUT2D eigenvalue weighted by Gasteiger charge is 2.13. The van der Waals surface area contributed by atoms with Gasteiger partial charge >= 0.3 is 6.03 Å². The first kappa shape index (κ1) is 14.4. The molecular weight excluding hydrogens is 252 g/mol. The summed E-state index contributed by atoms with van der Waals surface area (Å²) in [6, 6.07) is 2.36. The first-order valence-electron chi connectivity index (χ1n) is 5.23. The number of primary amides is 1. The van der Waals surface area contributed by atoms with Crippen molar-refractivity contribution in [3.63, 3.8) is 0 Å². The average Bonchev–Trinajstić information content (AvgIpc) is 2.36. The Morgan fingerprint density at radius 1 is 1.16 bits per heavy atom. The van der Waals surface area contributed by atoms with Crippen molar-refractivity contribution in [3.8, 4) is 17.2 Å². The molecule has 8 heteroatoms. The van der Waals surface area contributed by atoms with Gasteiger partial charge in [0.05, 0.1) is 21.3 Å². The van der Waals surface area contributed by atoms with Crippen molar-refractivity contribution in [3.05, 3.63) is 12.1 Å². The lowest BCUT2D eigenvalue weighted by atomic mass is 10.2. The summed E-state index contributed by atoms with van der Waals surface area (Å²) in [4.78, 5) is 10.6. The summed E-state index contributed by atoms with van der Waals surface area (Å²) >= 11 is 0. The van der Waals surface area contributed by atoms with Gasteiger partial charge in [0.2, 0.25) is 11.7 Å². The van der Waals surface area contributed by atoms with E-state index in [4.69, 9.17) is 25.4 Å². The molecule has 0 aliphatic heterocycles. The van der Waals surface area contributed by atoms with E-state index in [0.29, 0.717) is 22.9 Å². The Morgan fingerprint density at radius 3 is 2.05 bits per heavy atom. The van der Waals surface area contributed by atoms with Crippen LogP contribution in [-0.2, 0) is 0 Å². The fourth-order valence-corrected chi connectivity index (χ4v) is 1.45. The number of urea groups is 1. The number of anilines is 1. The van der Waals surface area contributed by atoms with Crippen molar-refractivity contribution < 1.29 is 19.0 Å². The van der Waals surface area contributed by atoms with E-state index in [1.165, 1.54) is 21.3 Å². The van der Waals surface area contributed by atoms with Crippen molar-refractivity contribution >= 4 is 17.7 Å². The molecule has 2 amide bonds. The zero-order valence-corrected chi connectivity index (χ0v) is 10.9. The van der Waals surface area contributed by atoms with Crippen LogP contribution >= 0.6 is 0 Å². The Hall–Kier alpha value is -2.64. The van der Waals surface area contributed by atoms with E-state index in [1.807, 2.05) is 0 Å². The number of rotatable bonds is 4. The van der Waals surface area contributed by atoms with Crippen molar-refractivity contribution in [1.82, 2.24) is 5.32 Å². The minimum Gasteiger partial charge on any atom is -0.493 e. The molecule has 0 aliphatic carbocycles. The zero-order valence-electron chi connectivity index (χ0n) is 10.9. The molecule has 0 fully saturated rings. The Balaban J connectivity index is 3.02. The van der Waals surface area contributed by atoms with Gasteiger partial charge in [-0.25, -0.2) is 4.79 Å². The van der Waals surface area contributed by atoms with Crippen LogP contribution in [0.15, 0.2) is 12.1 Å². The van der Waals surface area contributed by atoms with E-state index in [2.05, 4.69) is 10.6 Å². The number of hydrogen-bond donors (Lipinski definition) is 4. The van der Waals surface area contributed by atoms with Gasteiger partial charge in [-0.1, -0.05) is 0 Å². The maximum Gasteiger partial charge on any atom is 0.318 e. The molecule has 0 unspecified atom stereocenters. The molecule has 0 saturated carbocycles. The molecule has 0 aromatic heterocycles. The molecule has 104 valence electrons. The molecule has 1 rings (SSSR count). The van der Waals surface area contributed by atoms with Crippen molar-refractivity contribution in [2.75, 3.05) is 26.6 Å². The first-order chi connectivity index (χ1) is 9.01. The number of guanidine groups is 1. The lowest BCUT2D eigenvalue weighted by molar-refractivity contribution is 0.253. The fourth-order valence-electron chi connectivity index (χ4n) is 1.45. The van der Waals surface area contributed by atoms with Crippen LogP contribution in [0.25, 0.3) is 0 Å². The Labute approximate surface area is 110 Å². The molecule has 8 nitrogen and oxygen atoms in total. The standard InChI is InChI=1S/C11H16N4O4/c1-17-7-4-6(14-10(12)15-11(13)16)5-8(18-2)9(7)19-3/h4-5H,1-3H3,(H5,12,13,14,15,16). The summed E-state index contributed by atoms with van der Waals surface area (Å²) in [7, 11) is 4.45. The number of nitrogens with two attached hydrogens (primary N) is 1. The molecule has 0 heterocycles. The number of benzene rings is 1. The van der Waals surface area contributed by atoms with E-state index < -0.39 is 6.03 Å². The van der Waals surface area contributed by atoms with Crippen molar-refractivity contribution in [2.45, 2.75) is 0 Å². The van der Waals surface area contributed by atoms with E-state index >= 15 is 0 Å². The van der Waals surface area contributed by atoms with Crippen LogP contribution in [0.3, 0.4) is 0 Å². The second kappa shape index (κ2) is 6.34. The zero-order chi connectivity index (χ0) is 14.4.